The molecule has 0 radical (unpaired) electrons. The summed E-state index contributed by atoms with van der Waals surface area (Å²) in [5.74, 6) is 0.826. The summed E-state index contributed by atoms with van der Waals surface area (Å²) in [5, 5.41) is 4.74. The van der Waals surface area contributed by atoms with E-state index in [0.717, 1.165) is 16.9 Å². The van der Waals surface area contributed by atoms with Crippen molar-refractivity contribution >= 4 is 28.8 Å². The predicted octanol–water partition coefficient (Wildman–Crippen LogP) is 5.60. The van der Waals surface area contributed by atoms with Crippen LogP contribution < -0.4 is 5.32 Å². The van der Waals surface area contributed by atoms with Crippen LogP contribution in [-0.4, -0.2) is 23.3 Å². The zero-order valence-corrected chi connectivity index (χ0v) is 17.8. The van der Waals surface area contributed by atoms with Crippen molar-refractivity contribution in [2.45, 2.75) is 13.0 Å². The molecule has 0 bridgehead atoms. The summed E-state index contributed by atoms with van der Waals surface area (Å²) in [6.07, 6.45) is 0.603. The molecule has 0 aliphatic carbocycles. The molecular formula is C25H19FN2O3S. The first kappa shape index (κ1) is 20.2. The number of rotatable bonds is 4. The summed E-state index contributed by atoms with van der Waals surface area (Å²) in [6.45, 7) is 0.937. The molecule has 0 spiro atoms. The monoisotopic (exact) mass is 446 g/mol. The second kappa shape index (κ2) is 8.43. The number of thiophene rings is 1. The Bertz CT molecular complexity index is 1280. The first-order valence-corrected chi connectivity index (χ1v) is 11.1. The van der Waals surface area contributed by atoms with Crippen LogP contribution in [0, 0.1) is 5.82 Å². The number of nitrogens with one attached hydrogen (secondary N) is 1. The molecule has 3 heterocycles. The minimum absolute atomic E-state index is 0.135. The van der Waals surface area contributed by atoms with E-state index < -0.39 is 5.82 Å². The molecule has 0 fully saturated rings. The highest BCUT2D eigenvalue weighted by atomic mass is 32.1. The minimum Gasteiger partial charge on any atom is -0.461 e. The number of carbonyl (C=O) groups excluding carboxylic acids is 2. The maximum absolute atomic E-state index is 13.5. The molecule has 1 aliphatic rings. The molecule has 7 heteroatoms. The summed E-state index contributed by atoms with van der Waals surface area (Å²) in [4.78, 5) is 27.3. The fourth-order valence-corrected chi connectivity index (χ4v) is 4.39. The lowest BCUT2D eigenvalue weighted by Gasteiger charge is -2.26. The Morgan fingerprint density at radius 3 is 2.62 bits per heavy atom. The zero-order valence-electron chi connectivity index (χ0n) is 17.0. The average molecular weight is 447 g/mol. The maximum Gasteiger partial charge on any atom is 0.265 e. The summed E-state index contributed by atoms with van der Waals surface area (Å²) in [7, 11) is 0. The molecule has 32 heavy (non-hydrogen) atoms. The van der Waals surface area contributed by atoms with Gasteiger partial charge in [-0.2, -0.15) is 0 Å². The van der Waals surface area contributed by atoms with Crippen LogP contribution in [0.25, 0.3) is 11.3 Å². The number of hydrogen-bond acceptors (Lipinski definition) is 4. The van der Waals surface area contributed by atoms with Crippen molar-refractivity contribution in [1.82, 2.24) is 4.90 Å². The van der Waals surface area contributed by atoms with E-state index in [2.05, 4.69) is 5.32 Å². The molecule has 160 valence electrons. The third-order valence-corrected chi connectivity index (χ3v) is 6.27. The highest BCUT2D eigenvalue weighted by molar-refractivity contribution is 7.12. The van der Waals surface area contributed by atoms with Gasteiger partial charge in [-0.05, 0) is 60.0 Å². The number of benzene rings is 2. The summed E-state index contributed by atoms with van der Waals surface area (Å²) < 4.78 is 19.5. The predicted molar refractivity (Wildman–Crippen MR) is 121 cm³/mol. The van der Waals surface area contributed by atoms with Crippen LogP contribution in [0.4, 0.5) is 10.1 Å². The van der Waals surface area contributed by atoms with Crippen LogP contribution in [0.2, 0.25) is 0 Å². The standard InChI is InChI=1S/C25H19FN2O3S/c26-19-4-1-3-17(13-19)25(30)28-11-10-21-18(15-28)14-22(31-21)16-6-8-20(9-7-16)27-24(29)23-5-2-12-32-23/h1-9,12-14H,10-11,15H2,(H,27,29). The van der Waals surface area contributed by atoms with Crippen LogP contribution in [0.5, 0.6) is 0 Å². The molecule has 1 N–H and O–H groups in total. The highest BCUT2D eigenvalue weighted by Crippen LogP contribution is 2.31. The van der Waals surface area contributed by atoms with Crippen molar-refractivity contribution in [3.63, 3.8) is 0 Å². The second-order valence-electron chi connectivity index (χ2n) is 7.55. The number of fused-ring (bicyclic) bond motifs is 1. The van der Waals surface area contributed by atoms with Gasteiger partial charge in [0.05, 0.1) is 4.88 Å². The Hall–Kier alpha value is -3.71. The van der Waals surface area contributed by atoms with Crippen molar-refractivity contribution in [2.75, 3.05) is 11.9 Å². The molecular weight excluding hydrogens is 427 g/mol. The number of halogens is 1. The van der Waals surface area contributed by atoms with Crippen LogP contribution in [0.15, 0.2) is 76.5 Å². The van der Waals surface area contributed by atoms with Gasteiger partial charge in [0.1, 0.15) is 17.3 Å². The van der Waals surface area contributed by atoms with Crippen LogP contribution in [0.1, 0.15) is 31.4 Å². The fourth-order valence-electron chi connectivity index (χ4n) is 3.77. The van der Waals surface area contributed by atoms with Gasteiger partial charge in [-0.15, -0.1) is 11.3 Å². The number of anilines is 1. The molecule has 4 aromatic rings. The maximum atomic E-state index is 13.5. The lowest BCUT2D eigenvalue weighted by Crippen LogP contribution is -2.35. The van der Waals surface area contributed by atoms with Crippen molar-refractivity contribution < 1.29 is 18.4 Å². The third kappa shape index (κ3) is 4.07. The summed E-state index contributed by atoms with van der Waals surface area (Å²) in [6, 6.07) is 18.8. The minimum atomic E-state index is -0.422. The number of hydrogen-bond donors (Lipinski definition) is 1. The Kier molecular flexibility index (Phi) is 5.33. The molecule has 2 amide bonds. The number of amides is 2. The quantitative estimate of drug-likeness (QED) is 0.444. The van der Waals surface area contributed by atoms with Crippen LogP contribution >= 0.6 is 11.3 Å². The van der Waals surface area contributed by atoms with Crippen molar-refractivity contribution in [1.29, 1.82) is 0 Å². The summed E-state index contributed by atoms with van der Waals surface area (Å²) in [5.41, 5.74) is 2.88. The van der Waals surface area contributed by atoms with E-state index in [1.807, 2.05) is 41.8 Å². The Balaban J connectivity index is 1.29. The van der Waals surface area contributed by atoms with Gasteiger partial charge in [0.2, 0.25) is 0 Å². The van der Waals surface area contributed by atoms with Crippen molar-refractivity contribution in [2.24, 2.45) is 0 Å². The van der Waals surface area contributed by atoms with E-state index in [1.54, 1.807) is 23.1 Å². The molecule has 0 saturated heterocycles. The number of carbonyl (C=O) groups is 2. The van der Waals surface area contributed by atoms with Gasteiger partial charge < -0.3 is 14.6 Å². The van der Waals surface area contributed by atoms with Gasteiger partial charge >= 0.3 is 0 Å². The first-order chi connectivity index (χ1) is 15.6. The molecule has 2 aromatic carbocycles. The topological polar surface area (TPSA) is 62.6 Å². The lowest BCUT2D eigenvalue weighted by molar-refractivity contribution is 0.0729. The molecule has 2 aromatic heterocycles. The number of furan rings is 1. The van der Waals surface area contributed by atoms with Gasteiger partial charge in [0.15, 0.2) is 0 Å². The number of nitrogens with zero attached hydrogens (tertiary/aromatic N) is 1. The first-order valence-electron chi connectivity index (χ1n) is 10.2. The van der Waals surface area contributed by atoms with E-state index >= 15 is 0 Å². The van der Waals surface area contributed by atoms with Gasteiger partial charge in [-0.3, -0.25) is 9.59 Å². The highest BCUT2D eigenvalue weighted by Gasteiger charge is 2.25. The Labute approximate surface area is 188 Å². The molecule has 0 saturated carbocycles. The molecule has 0 unspecified atom stereocenters. The lowest BCUT2D eigenvalue weighted by atomic mass is 10.1. The van der Waals surface area contributed by atoms with Crippen LogP contribution in [0.3, 0.4) is 0 Å². The van der Waals surface area contributed by atoms with Gasteiger partial charge in [-0.1, -0.05) is 12.1 Å². The average Bonchev–Trinajstić information content (AvgIpc) is 3.49. The largest absolute Gasteiger partial charge is 0.461 e. The molecule has 5 nitrogen and oxygen atoms in total. The van der Waals surface area contributed by atoms with E-state index in [9.17, 15) is 14.0 Å². The molecule has 5 rings (SSSR count). The van der Waals surface area contributed by atoms with E-state index in [1.165, 1.54) is 23.5 Å². The Morgan fingerprint density at radius 1 is 1.03 bits per heavy atom. The van der Waals surface area contributed by atoms with E-state index in [0.29, 0.717) is 41.4 Å². The smallest absolute Gasteiger partial charge is 0.265 e. The zero-order chi connectivity index (χ0) is 22.1. The van der Waals surface area contributed by atoms with Crippen LogP contribution in [-0.2, 0) is 13.0 Å². The van der Waals surface area contributed by atoms with Gasteiger partial charge in [-0.25, -0.2) is 4.39 Å². The normalized spacial score (nSPS) is 13.0. The fraction of sp³-hybridized carbons (Fsp3) is 0.120. The van der Waals surface area contributed by atoms with E-state index in [4.69, 9.17) is 4.42 Å². The third-order valence-electron chi connectivity index (χ3n) is 5.40. The molecule has 1 aliphatic heterocycles. The van der Waals surface area contributed by atoms with Gasteiger partial charge in [0, 0.05) is 41.9 Å². The van der Waals surface area contributed by atoms with Crippen molar-refractivity contribution in [3.05, 3.63) is 99.7 Å². The van der Waals surface area contributed by atoms with E-state index in [-0.39, 0.29) is 11.8 Å². The molecule has 0 atom stereocenters. The Morgan fingerprint density at radius 2 is 1.88 bits per heavy atom. The second-order valence-corrected chi connectivity index (χ2v) is 8.50. The van der Waals surface area contributed by atoms with Crippen molar-refractivity contribution in [3.8, 4) is 11.3 Å². The SMILES string of the molecule is O=C(Nc1ccc(-c2cc3c(o2)CCN(C(=O)c2cccc(F)c2)C3)cc1)c1cccs1. The summed E-state index contributed by atoms with van der Waals surface area (Å²) >= 11 is 1.39. The van der Waals surface area contributed by atoms with Gasteiger partial charge in [0.25, 0.3) is 11.8 Å².